The van der Waals surface area contributed by atoms with Crippen LogP contribution in [0, 0.1) is 18.6 Å². The molecule has 0 radical (unpaired) electrons. The molecule has 50 heavy (non-hydrogen) atoms. The molecular formula is C36H40BrF2N5O5S. The Kier molecular flexibility index (Phi) is 11.7. The Hall–Kier alpha value is -4.14. The highest BCUT2D eigenvalue weighted by molar-refractivity contribution is 9.10. The van der Waals surface area contributed by atoms with E-state index in [0.29, 0.717) is 31.3 Å². The van der Waals surface area contributed by atoms with Crippen molar-refractivity contribution in [3.05, 3.63) is 105 Å². The van der Waals surface area contributed by atoms with Crippen molar-refractivity contribution in [2.75, 3.05) is 24.4 Å². The number of hydrogen-bond acceptors (Lipinski definition) is 6. The summed E-state index contributed by atoms with van der Waals surface area (Å²) in [4.78, 5) is 30.5. The van der Waals surface area contributed by atoms with Gasteiger partial charge in [0.05, 0.1) is 28.4 Å². The Bertz CT molecular complexity index is 2000. The van der Waals surface area contributed by atoms with Crippen LogP contribution in [0.15, 0.2) is 70.0 Å². The van der Waals surface area contributed by atoms with E-state index in [1.807, 2.05) is 24.3 Å². The topological polar surface area (TPSA) is 125 Å². The zero-order valence-electron chi connectivity index (χ0n) is 28.1. The van der Waals surface area contributed by atoms with Crippen molar-refractivity contribution in [1.82, 2.24) is 19.6 Å². The Labute approximate surface area is 299 Å². The number of hydrogen-bond donors (Lipinski definition) is 2. The quantitative estimate of drug-likeness (QED) is 0.147. The number of nitrogens with zero attached hydrogens (tertiary/aromatic N) is 4. The molecule has 2 amide bonds. The molecule has 10 nitrogen and oxygen atoms in total. The molecule has 1 aliphatic heterocycles. The zero-order valence-corrected chi connectivity index (χ0v) is 30.5. The van der Waals surface area contributed by atoms with Crippen LogP contribution in [0.4, 0.5) is 14.5 Å². The lowest BCUT2D eigenvalue weighted by Gasteiger charge is -2.36. The summed E-state index contributed by atoms with van der Waals surface area (Å²) in [7, 11) is -4.65. The molecule has 0 aliphatic carbocycles. The van der Waals surface area contributed by atoms with Gasteiger partial charge in [-0.15, -0.1) is 0 Å². The van der Waals surface area contributed by atoms with Crippen LogP contribution in [-0.2, 0) is 23.0 Å². The van der Waals surface area contributed by atoms with Crippen molar-refractivity contribution in [1.29, 1.82) is 0 Å². The number of anilines is 1. The van der Waals surface area contributed by atoms with Crippen molar-refractivity contribution in [2.24, 2.45) is 0 Å². The number of nitrogens with one attached hydrogen (secondary N) is 1. The smallest absolute Gasteiger partial charge is 0.274 e. The molecule has 0 fully saturated rings. The van der Waals surface area contributed by atoms with Gasteiger partial charge in [0.2, 0.25) is 0 Å². The number of carbonyl (C=O) groups excluding carboxylic acids is 2. The highest BCUT2D eigenvalue weighted by Crippen LogP contribution is 2.31. The van der Waals surface area contributed by atoms with Crippen LogP contribution in [0.5, 0.6) is 0 Å². The highest BCUT2D eigenvalue weighted by Gasteiger charge is 2.33. The number of carbonyl (C=O) groups is 2. The van der Waals surface area contributed by atoms with Crippen molar-refractivity contribution in [3.63, 3.8) is 0 Å². The maximum atomic E-state index is 14.7. The predicted molar refractivity (Wildman–Crippen MR) is 190 cm³/mol. The molecule has 5 rings (SSSR count). The van der Waals surface area contributed by atoms with Gasteiger partial charge in [-0.2, -0.15) is 5.10 Å². The zero-order chi connectivity index (χ0) is 36.2. The van der Waals surface area contributed by atoms with Gasteiger partial charge in [-0.3, -0.25) is 14.3 Å². The number of aliphatic hydroxyl groups excluding tert-OH is 1. The molecular weight excluding hydrogens is 732 g/mol. The molecule has 2 heterocycles. The summed E-state index contributed by atoms with van der Waals surface area (Å²) >= 11 is 2.85. The van der Waals surface area contributed by atoms with E-state index >= 15 is 0 Å². The second kappa shape index (κ2) is 15.8. The lowest BCUT2D eigenvalue weighted by Crippen LogP contribution is -2.46. The van der Waals surface area contributed by atoms with E-state index in [1.165, 1.54) is 27.8 Å². The van der Waals surface area contributed by atoms with Gasteiger partial charge in [0.1, 0.15) is 16.5 Å². The van der Waals surface area contributed by atoms with Gasteiger partial charge in [-0.05, 0) is 89.6 Å². The normalized spacial score (nSPS) is 14.4. The third-order valence-corrected chi connectivity index (χ3v) is 10.8. The number of benzene rings is 3. The van der Waals surface area contributed by atoms with Gasteiger partial charge in [-0.25, -0.2) is 21.9 Å². The fourth-order valence-electron chi connectivity index (χ4n) is 6.02. The van der Waals surface area contributed by atoms with Crippen molar-refractivity contribution in [2.45, 2.75) is 70.4 Å². The average molecular weight is 773 g/mol. The molecule has 14 heteroatoms. The number of halogens is 3. The third-order valence-electron chi connectivity index (χ3n) is 8.76. The second-order valence-corrected chi connectivity index (χ2v) is 14.9. The summed E-state index contributed by atoms with van der Waals surface area (Å²) in [5.74, 6) is -2.90. The number of unbranched alkanes of at least 4 members (excludes halogenated alkanes) is 2. The molecule has 1 aromatic heterocycles. The monoisotopic (exact) mass is 771 g/mol. The van der Waals surface area contributed by atoms with Crippen molar-refractivity contribution in [3.8, 4) is 5.69 Å². The highest BCUT2D eigenvalue weighted by atomic mass is 79.9. The largest absolute Gasteiger partial charge is 0.394 e. The molecule has 0 unspecified atom stereocenters. The molecule has 0 spiro atoms. The second-order valence-electron chi connectivity index (χ2n) is 12.4. The van der Waals surface area contributed by atoms with Crippen molar-refractivity contribution < 1.29 is 31.9 Å². The first-order chi connectivity index (χ1) is 23.9. The number of rotatable bonds is 13. The fourth-order valence-corrected chi connectivity index (χ4v) is 7.45. The van der Waals surface area contributed by atoms with Crippen LogP contribution in [0.25, 0.3) is 5.69 Å². The van der Waals surface area contributed by atoms with Crippen LogP contribution in [-0.4, -0.2) is 70.7 Å². The van der Waals surface area contributed by atoms with Gasteiger partial charge in [0.25, 0.3) is 21.8 Å². The average Bonchev–Trinajstić information content (AvgIpc) is 3.49. The van der Waals surface area contributed by atoms with E-state index in [0.717, 1.165) is 42.9 Å². The summed E-state index contributed by atoms with van der Waals surface area (Å²) in [5.41, 5.74) is 2.85. The SMILES string of the molecule is CCCCN(CCCC)C(=O)c1cc(C)n(-c2ccc(NS(=O)(=O)c3cc(F)c(Br)cc3F)cc2C(=O)N2Cc3ccccc3C[C@H]2CO)n1. The maximum absolute atomic E-state index is 14.7. The summed E-state index contributed by atoms with van der Waals surface area (Å²) in [5, 5.41) is 15.0. The van der Waals surface area contributed by atoms with E-state index in [4.69, 9.17) is 0 Å². The van der Waals surface area contributed by atoms with Gasteiger partial charge in [0, 0.05) is 31.0 Å². The Morgan fingerprint density at radius 2 is 1.68 bits per heavy atom. The summed E-state index contributed by atoms with van der Waals surface area (Å²) in [6, 6.07) is 14.1. The molecule has 1 aliphatic rings. The first-order valence-corrected chi connectivity index (χ1v) is 18.8. The number of sulfonamides is 1. The molecule has 0 saturated carbocycles. The van der Waals surface area contributed by atoms with E-state index < -0.39 is 38.5 Å². The molecule has 3 aromatic carbocycles. The standard InChI is InChI=1S/C36H40BrF2N5O5S/c1-4-6-14-42(15-7-5-2)36(47)32-16-23(3)44(40-32)33-13-12-26(41-50(48,49)34-20-30(38)29(37)19-31(34)39)18-28(33)35(46)43-21-25-11-9-8-10-24(25)17-27(43)22-45/h8-13,16,18-20,27,41,45H,4-7,14-15,17,21-22H2,1-3H3/t27-/m0/s1. The third kappa shape index (κ3) is 7.92. The van der Waals surface area contributed by atoms with Crippen LogP contribution >= 0.6 is 15.9 Å². The first-order valence-electron chi connectivity index (χ1n) is 16.5. The van der Waals surface area contributed by atoms with Crippen LogP contribution in [0.2, 0.25) is 0 Å². The minimum absolute atomic E-state index is 0.0181. The fraction of sp³-hybridized carbons (Fsp3) is 0.361. The van der Waals surface area contributed by atoms with Crippen LogP contribution in [0.3, 0.4) is 0 Å². The van der Waals surface area contributed by atoms with Gasteiger partial charge < -0.3 is 14.9 Å². The number of fused-ring (bicyclic) bond motifs is 1. The van der Waals surface area contributed by atoms with Gasteiger partial charge >= 0.3 is 0 Å². The Balaban J connectivity index is 1.59. The molecule has 266 valence electrons. The molecule has 1 atom stereocenters. The van der Waals surface area contributed by atoms with E-state index in [2.05, 4.69) is 39.6 Å². The summed E-state index contributed by atoms with van der Waals surface area (Å²) in [6.45, 7) is 6.89. The van der Waals surface area contributed by atoms with Gasteiger partial charge in [-0.1, -0.05) is 51.0 Å². The molecule has 0 saturated heterocycles. The maximum Gasteiger partial charge on any atom is 0.274 e. The van der Waals surface area contributed by atoms with Crippen LogP contribution in [0.1, 0.15) is 77.2 Å². The van der Waals surface area contributed by atoms with Crippen LogP contribution < -0.4 is 4.72 Å². The molecule has 4 aromatic rings. The minimum atomic E-state index is -4.65. The van der Waals surface area contributed by atoms with Crippen molar-refractivity contribution >= 4 is 43.5 Å². The predicted octanol–water partition coefficient (Wildman–Crippen LogP) is 6.62. The number of aromatic nitrogens is 2. The number of amides is 2. The first kappa shape index (κ1) is 37.1. The summed E-state index contributed by atoms with van der Waals surface area (Å²) < 4.78 is 59.1. The summed E-state index contributed by atoms with van der Waals surface area (Å²) in [6.07, 6.45) is 3.92. The van der Waals surface area contributed by atoms with E-state index in [9.17, 15) is 31.9 Å². The number of aryl methyl sites for hydroxylation is 1. The number of aliphatic hydroxyl groups is 1. The van der Waals surface area contributed by atoms with E-state index in [-0.39, 0.29) is 46.2 Å². The molecule has 2 N–H and O–H groups in total. The van der Waals surface area contributed by atoms with Gasteiger partial charge in [0.15, 0.2) is 5.69 Å². The lowest BCUT2D eigenvalue weighted by molar-refractivity contribution is 0.0544. The molecule has 0 bridgehead atoms. The minimum Gasteiger partial charge on any atom is -0.394 e. The lowest BCUT2D eigenvalue weighted by atomic mass is 9.93. The van der Waals surface area contributed by atoms with E-state index in [1.54, 1.807) is 17.9 Å². The Morgan fingerprint density at radius 1 is 1.00 bits per heavy atom. The Morgan fingerprint density at radius 3 is 2.34 bits per heavy atom.